The number of aliphatic hydroxyl groups excluding tert-OH is 1. The Hall–Kier alpha value is -3.88. The normalized spacial score (nSPS) is 13.3. The van der Waals surface area contributed by atoms with E-state index in [1.54, 1.807) is 50.2 Å². The Kier molecular flexibility index (Phi) is 11.5. The average molecular weight is 667 g/mol. The van der Waals surface area contributed by atoms with Crippen molar-refractivity contribution in [3.8, 4) is 0 Å². The number of carbonyl (C=O) groups excluding carboxylic acids is 2. The van der Waals surface area contributed by atoms with Crippen molar-refractivity contribution < 1.29 is 23.1 Å². The summed E-state index contributed by atoms with van der Waals surface area (Å²) in [6.45, 7) is 5.67. The Labute approximate surface area is 274 Å². The fourth-order valence-electron chi connectivity index (χ4n) is 5.07. The van der Waals surface area contributed by atoms with Crippen molar-refractivity contribution in [3.63, 3.8) is 0 Å². The molecule has 5 N–H and O–H groups in total. The van der Waals surface area contributed by atoms with Gasteiger partial charge in [-0.25, -0.2) is 13.4 Å². The largest absolute Gasteiger partial charge is 0.399 e. The standard InChI is InChI=1S/C33H42N6O5S2/c1-21(2)18-39(46(43,44)25-12-14-27-30(17-25)45-33(36-27)37-31(41)20-38(4)5)19-29(40)28(16-23-9-7-6-8-10-23)35-32(42)26-13-11-24(34)15-22(26)3/h6-15,17,21,28-29,40H,16,18-20,34H2,1-5H3,(H,35,42)(H,36,37,41)/t28-,29+/m0/s1. The number of rotatable bonds is 14. The SMILES string of the molecule is Cc1cc(N)ccc1C(=O)N[C@@H](Cc1ccccc1)[C@H](O)CN(CC(C)C)S(=O)(=O)c1ccc2nc(NC(=O)CN(C)C)sc2c1. The Morgan fingerprint density at radius 2 is 1.74 bits per heavy atom. The number of hydrogen-bond donors (Lipinski definition) is 4. The number of nitrogen functional groups attached to an aromatic ring is 1. The molecule has 0 bridgehead atoms. The molecule has 4 aromatic rings. The van der Waals surface area contributed by atoms with E-state index in [1.165, 1.54) is 27.8 Å². The molecule has 11 nitrogen and oxygen atoms in total. The molecule has 0 saturated heterocycles. The van der Waals surface area contributed by atoms with E-state index in [2.05, 4.69) is 15.6 Å². The summed E-state index contributed by atoms with van der Waals surface area (Å²) < 4.78 is 30.0. The molecule has 0 spiro atoms. The molecule has 2 atom stereocenters. The molecule has 3 aromatic carbocycles. The van der Waals surface area contributed by atoms with Gasteiger partial charge in [-0.3, -0.25) is 9.59 Å². The first-order chi connectivity index (χ1) is 21.7. The second kappa shape index (κ2) is 15.1. The van der Waals surface area contributed by atoms with Crippen LogP contribution in [0.15, 0.2) is 71.6 Å². The molecule has 246 valence electrons. The van der Waals surface area contributed by atoms with Crippen molar-refractivity contribution >= 4 is 54.2 Å². The highest BCUT2D eigenvalue weighted by atomic mass is 32.2. The zero-order chi connectivity index (χ0) is 33.6. The van der Waals surface area contributed by atoms with Crippen molar-refractivity contribution in [1.82, 2.24) is 19.5 Å². The molecular weight excluding hydrogens is 625 g/mol. The summed E-state index contributed by atoms with van der Waals surface area (Å²) in [4.78, 5) is 31.8. The number of thiazole rings is 1. The van der Waals surface area contributed by atoms with Gasteiger partial charge in [0, 0.05) is 24.3 Å². The van der Waals surface area contributed by atoms with Crippen LogP contribution in [0.4, 0.5) is 10.8 Å². The number of hydrogen-bond acceptors (Lipinski definition) is 9. The lowest BCUT2D eigenvalue weighted by Crippen LogP contribution is -2.51. The summed E-state index contributed by atoms with van der Waals surface area (Å²) >= 11 is 1.19. The lowest BCUT2D eigenvalue weighted by Gasteiger charge is -2.31. The fourth-order valence-corrected chi connectivity index (χ4v) is 7.71. The summed E-state index contributed by atoms with van der Waals surface area (Å²) in [5.74, 6) is -0.662. The van der Waals surface area contributed by atoms with E-state index < -0.39 is 22.2 Å². The highest BCUT2D eigenvalue weighted by Gasteiger charge is 2.32. The monoisotopic (exact) mass is 666 g/mol. The first-order valence-electron chi connectivity index (χ1n) is 15.0. The molecule has 13 heteroatoms. The zero-order valence-corrected chi connectivity index (χ0v) is 28.4. The third-order valence-corrected chi connectivity index (χ3v) is 10.00. The molecular formula is C33H42N6O5S2. The Bertz CT molecular complexity index is 1780. The van der Waals surface area contributed by atoms with Gasteiger partial charge in [0.2, 0.25) is 15.9 Å². The minimum atomic E-state index is -4.08. The Balaban J connectivity index is 1.61. The highest BCUT2D eigenvalue weighted by Crippen LogP contribution is 2.30. The van der Waals surface area contributed by atoms with Crippen LogP contribution >= 0.6 is 11.3 Å². The van der Waals surface area contributed by atoms with Crippen LogP contribution in [-0.2, 0) is 21.2 Å². The molecule has 0 fully saturated rings. The van der Waals surface area contributed by atoms with Crippen LogP contribution in [0.25, 0.3) is 10.2 Å². The molecule has 1 heterocycles. The molecule has 2 amide bonds. The van der Waals surface area contributed by atoms with E-state index in [0.717, 1.165) is 5.56 Å². The summed E-state index contributed by atoms with van der Waals surface area (Å²) in [7, 11) is -0.509. The maximum Gasteiger partial charge on any atom is 0.251 e. The number of nitrogens with one attached hydrogen (secondary N) is 2. The minimum Gasteiger partial charge on any atom is -0.399 e. The predicted molar refractivity (Wildman–Crippen MR) is 183 cm³/mol. The van der Waals surface area contributed by atoms with E-state index in [9.17, 15) is 23.1 Å². The average Bonchev–Trinajstić information content (AvgIpc) is 3.37. The number of likely N-dealkylation sites (N-methyl/N-ethyl adjacent to an activating group) is 1. The quantitative estimate of drug-likeness (QED) is 0.148. The van der Waals surface area contributed by atoms with Crippen LogP contribution in [0, 0.1) is 12.8 Å². The molecule has 0 unspecified atom stereocenters. The number of benzene rings is 3. The maximum absolute atomic E-state index is 14.1. The van der Waals surface area contributed by atoms with Crippen LogP contribution in [0.5, 0.6) is 0 Å². The summed E-state index contributed by atoms with van der Waals surface area (Å²) in [6.07, 6.45) is -0.954. The molecule has 1 aromatic heterocycles. The number of nitrogens with two attached hydrogens (primary N) is 1. The van der Waals surface area contributed by atoms with E-state index in [-0.39, 0.29) is 48.7 Å². The van der Waals surface area contributed by atoms with E-state index >= 15 is 0 Å². The Morgan fingerprint density at radius 3 is 2.39 bits per heavy atom. The number of anilines is 2. The van der Waals surface area contributed by atoms with Gasteiger partial charge in [0.25, 0.3) is 5.91 Å². The van der Waals surface area contributed by atoms with Gasteiger partial charge in [-0.2, -0.15) is 4.31 Å². The van der Waals surface area contributed by atoms with Crippen LogP contribution in [0.1, 0.15) is 35.3 Å². The van der Waals surface area contributed by atoms with Crippen LogP contribution in [0.2, 0.25) is 0 Å². The van der Waals surface area contributed by atoms with E-state index in [0.29, 0.717) is 32.2 Å². The van der Waals surface area contributed by atoms with Gasteiger partial charge < -0.3 is 26.4 Å². The van der Waals surface area contributed by atoms with Crippen LogP contribution in [0.3, 0.4) is 0 Å². The number of carbonyl (C=O) groups is 2. The van der Waals surface area contributed by atoms with Gasteiger partial charge >= 0.3 is 0 Å². The van der Waals surface area contributed by atoms with Gasteiger partial charge in [-0.05, 0) is 80.9 Å². The van der Waals surface area contributed by atoms with Gasteiger partial charge in [0.05, 0.1) is 33.8 Å². The number of amides is 2. The van der Waals surface area contributed by atoms with E-state index in [1.807, 2.05) is 44.2 Å². The molecule has 0 radical (unpaired) electrons. The number of aryl methyl sites for hydroxylation is 1. The zero-order valence-electron chi connectivity index (χ0n) is 26.7. The summed E-state index contributed by atoms with van der Waals surface area (Å²) in [5, 5.41) is 17.7. The number of aliphatic hydroxyl groups is 1. The third kappa shape index (κ3) is 9.10. The van der Waals surface area contributed by atoms with Gasteiger partial charge in [0.15, 0.2) is 5.13 Å². The smallest absolute Gasteiger partial charge is 0.251 e. The van der Waals surface area contributed by atoms with Crippen molar-refractivity contribution in [2.75, 3.05) is 44.8 Å². The molecule has 0 saturated carbocycles. The van der Waals surface area contributed by atoms with E-state index in [4.69, 9.17) is 5.73 Å². The summed E-state index contributed by atoms with van der Waals surface area (Å²) in [6, 6.07) is 18.2. The van der Waals surface area contributed by atoms with Crippen LogP contribution in [-0.4, -0.2) is 85.4 Å². The first-order valence-corrected chi connectivity index (χ1v) is 17.2. The second-order valence-electron chi connectivity index (χ2n) is 12.1. The number of nitrogens with zero attached hydrogens (tertiary/aromatic N) is 3. The second-order valence-corrected chi connectivity index (χ2v) is 15.0. The van der Waals surface area contributed by atoms with Crippen LogP contribution < -0.4 is 16.4 Å². The lowest BCUT2D eigenvalue weighted by atomic mass is 9.99. The van der Waals surface area contributed by atoms with Gasteiger partial charge in [0.1, 0.15) is 0 Å². The van der Waals surface area contributed by atoms with Crippen molar-refractivity contribution in [2.45, 2.75) is 44.2 Å². The minimum absolute atomic E-state index is 0.0452. The third-order valence-electron chi connectivity index (χ3n) is 7.24. The van der Waals surface area contributed by atoms with Crippen molar-refractivity contribution in [3.05, 3.63) is 83.4 Å². The van der Waals surface area contributed by atoms with Gasteiger partial charge in [-0.1, -0.05) is 55.5 Å². The first kappa shape index (κ1) is 35.0. The molecule has 0 aliphatic carbocycles. The number of fused-ring (bicyclic) bond motifs is 1. The molecule has 4 rings (SSSR count). The predicted octanol–water partition coefficient (Wildman–Crippen LogP) is 3.74. The number of sulfonamides is 1. The summed E-state index contributed by atoms with van der Waals surface area (Å²) in [5.41, 5.74) is 8.95. The topological polar surface area (TPSA) is 158 Å². The maximum atomic E-state index is 14.1. The van der Waals surface area contributed by atoms with Crippen molar-refractivity contribution in [1.29, 1.82) is 0 Å². The molecule has 0 aliphatic rings. The van der Waals surface area contributed by atoms with Gasteiger partial charge in [-0.15, -0.1) is 0 Å². The fraction of sp³-hybridized carbons (Fsp3) is 0.364. The highest BCUT2D eigenvalue weighted by molar-refractivity contribution is 7.89. The lowest BCUT2D eigenvalue weighted by molar-refractivity contribution is -0.116. The molecule has 0 aliphatic heterocycles. The number of aromatic nitrogens is 1. The molecule has 46 heavy (non-hydrogen) atoms. The Morgan fingerprint density at radius 1 is 1.02 bits per heavy atom. The van der Waals surface area contributed by atoms with Crippen molar-refractivity contribution in [2.24, 2.45) is 5.92 Å².